The first-order valence-corrected chi connectivity index (χ1v) is 9.85. The number of aliphatic hydroxyl groups is 1. The van der Waals surface area contributed by atoms with E-state index in [2.05, 4.69) is 48.3 Å². The molecule has 1 fully saturated rings. The maximum atomic E-state index is 13.0. The molecule has 2 heterocycles. The smallest absolute Gasteiger partial charge is 0.256 e. The molecule has 1 amide bonds. The molecule has 1 aromatic heterocycles. The molecule has 2 aromatic rings. The lowest BCUT2D eigenvalue weighted by molar-refractivity contribution is -0.160. The molecule has 3 rings (SSSR count). The van der Waals surface area contributed by atoms with Gasteiger partial charge >= 0.3 is 0 Å². The zero-order chi connectivity index (χ0) is 20.3. The fourth-order valence-corrected chi connectivity index (χ4v) is 3.73. The van der Waals surface area contributed by atoms with Gasteiger partial charge in [0.1, 0.15) is 0 Å². The van der Waals surface area contributed by atoms with Gasteiger partial charge in [-0.1, -0.05) is 43.3 Å². The molecule has 1 N–H and O–H groups in total. The van der Waals surface area contributed by atoms with Crippen molar-refractivity contribution < 1.29 is 14.4 Å². The number of carbonyl (C=O) groups is 1. The molecule has 0 spiro atoms. The number of piperidine rings is 1. The van der Waals surface area contributed by atoms with Gasteiger partial charge in [0.2, 0.25) is 5.89 Å². The van der Waals surface area contributed by atoms with Gasteiger partial charge in [0.25, 0.3) is 5.91 Å². The monoisotopic (exact) mass is 386 g/mol. The fourth-order valence-electron chi connectivity index (χ4n) is 3.73. The van der Waals surface area contributed by atoms with Crippen LogP contribution in [0.25, 0.3) is 0 Å². The third-order valence-electron chi connectivity index (χ3n) is 5.23. The van der Waals surface area contributed by atoms with Crippen LogP contribution in [0, 0.1) is 6.92 Å². The number of likely N-dealkylation sites (tertiary alicyclic amines) is 1. The van der Waals surface area contributed by atoms with Crippen LogP contribution in [0.1, 0.15) is 55.4 Å². The molecule has 7 nitrogen and oxygen atoms in total. The molecule has 0 aliphatic carbocycles. The summed E-state index contributed by atoms with van der Waals surface area (Å²) >= 11 is 0. The van der Waals surface area contributed by atoms with Crippen LogP contribution in [-0.4, -0.2) is 56.7 Å². The van der Waals surface area contributed by atoms with Crippen molar-refractivity contribution in [2.75, 3.05) is 20.1 Å². The van der Waals surface area contributed by atoms with Crippen LogP contribution >= 0.6 is 0 Å². The number of aryl methyl sites for hydroxylation is 1. The Labute approximate surface area is 166 Å². The van der Waals surface area contributed by atoms with E-state index in [4.69, 9.17) is 4.52 Å². The zero-order valence-corrected chi connectivity index (χ0v) is 17.2. The highest BCUT2D eigenvalue weighted by Crippen LogP contribution is 2.26. The SMILES string of the molecule is Cc1noc(CN(C)C[C@]2(O)CCCN(Cc3ccc(C(C)C)cc3)C2=O)n1. The van der Waals surface area contributed by atoms with Crippen molar-refractivity contribution in [2.24, 2.45) is 0 Å². The summed E-state index contributed by atoms with van der Waals surface area (Å²) in [6.45, 7) is 7.90. The molecule has 0 unspecified atom stereocenters. The average Bonchev–Trinajstić information content (AvgIpc) is 3.04. The van der Waals surface area contributed by atoms with Crippen molar-refractivity contribution >= 4 is 5.91 Å². The van der Waals surface area contributed by atoms with Crippen molar-refractivity contribution in [1.82, 2.24) is 19.9 Å². The van der Waals surface area contributed by atoms with Crippen LogP contribution in [0.2, 0.25) is 0 Å². The first-order chi connectivity index (χ1) is 13.3. The van der Waals surface area contributed by atoms with E-state index in [1.165, 1.54) is 5.56 Å². The molecule has 152 valence electrons. The van der Waals surface area contributed by atoms with E-state index in [-0.39, 0.29) is 12.5 Å². The third kappa shape index (κ3) is 4.77. The number of amides is 1. The Kier molecular flexibility index (Phi) is 6.15. The minimum absolute atomic E-state index is 0.208. The lowest BCUT2D eigenvalue weighted by atomic mass is 9.90. The number of rotatable bonds is 7. The van der Waals surface area contributed by atoms with Gasteiger partial charge in [-0.25, -0.2) is 0 Å². The van der Waals surface area contributed by atoms with Crippen molar-refractivity contribution in [1.29, 1.82) is 0 Å². The number of benzene rings is 1. The summed E-state index contributed by atoms with van der Waals surface area (Å²) in [5, 5.41) is 14.8. The maximum Gasteiger partial charge on any atom is 0.256 e. The molecule has 0 radical (unpaired) electrons. The normalized spacial score (nSPS) is 20.4. The van der Waals surface area contributed by atoms with Gasteiger partial charge < -0.3 is 14.5 Å². The van der Waals surface area contributed by atoms with Crippen LogP contribution in [0.4, 0.5) is 0 Å². The van der Waals surface area contributed by atoms with Gasteiger partial charge in [-0.3, -0.25) is 9.69 Å². The van der Waals surface area contributed by atoms with Crippen molar-refractivity contribution in [3.8, 4) is 0 Å². The maximum absolute atomic E-state index is 13.0. The summed E-state index contributed by atoms with van der Waals surface area (Å²) in [6.07, 6.45) is 1.24. The lowest BCUT2D eigenvalue weighted by Gasteiger charge is -2.40. The van der Waals surface area contributed by atoms with Gasteiger partial charge in [0, 0.05) is 19.6 Å². The number of nitrogens with zero attached hydrogens (tertiary/aromatic N) is 4. The largest absolute Gasteiger partial charge is 0.379 e. The number of likely N-dealkylation sites (N-methyl/N-ethyl adjacent to an activating group) is 1. The first-order valence-electron chi connectivity index (χ1n) is 9.85. The second-order valence-electron chi connectivity index (χ2n) is 8.17. The molecule has 1 atom stereocenters. The second kappa shape index (κ2) is 8.41. The quantitative estimate of drug-likeness (QED) is 0.787. The van der Waals surface area contributed by atoms with Crippen LogP contribution in [-0.2, 0) is 17.9 Å². The van der Waals surface area contributed by atoms with E-state index >= 15 is 0 Å². The Morgan fingerprint density at radius 2 is 2.04 bits per heavy atom. The highest BCUT2D eigenvalue weighted by molar-refractivity contribution is 5.86. The molecular weight excluding hydrogens is 356 g/mol. The van der Waals surface area contributed by atoms with E-state index in [0.717, 1.165) is 12.0 Å². The van der Waals surface area contributed by atoms with Gasteiger partial charge in [-0.2, -0.15) is 4.98 Å². The standard InChI is InChI=1S/C21H30N4O3/c1-15(2)18-8-6-17(7-9-18)12-25-11-5-10-21(27,20(25)26)14-24(4)13-19-22-16(3)23-28-19/h6-9,15,27H,5,10-14H2,1-4H3/t21-/m1/s1. The molecule has 1 aliphatic heterocycles. The van der Waals surface area contributed by atoms with Crippen molar-refractivity contribution in [3.05, 3.63) is 47.1 Å². The van der Waals surface area contributed by atoms with Crippen LogP contribution in [0.3, 0.4) is 0 Å². The van der Waals surface area contributed by atoms with Crippen molar-refractivity contribution in [2.45, 2.75) is 58.2 Å². The Morgan fingerprint density at radius 1 is 1.32 bits per heavy atom. The Bertz CT molecular complexity index is 802. The highest BCUT2D eigenvalue weighted by Gasteiger charge is 2.43. The number of carbonyl (C=O) groups excluding carboxylic acids is 1. The summed E-state index contributed by atoms with van der Waals surface area (Å²) in [6, 6.07) is 8.36. The molecule has 7 heteroatoms. The lowest BCUT2D eigenvalue weighted by Crippen LogP contribution is -2.57. The fraction of sp³-hybridized carbons (Fsp3) is 0.571. The summed E-state index contributed by atoms with van der Waals surface area (Å²) in [5.41, 5.74) is 0.972. The summed E-state index contributed by atoms with van der Waals surface area (Å²) < 4.78 is 5.13. The minimum atomic E-state index is -1.39. The number of hydrogen-bond acceptors (Lipinski definition) is 6. The van der Waals surface area contributed by atoms with E-state index < -0.39 is 5.60 Å². The number of hydrogen-bond donors (Lipinski definition) is 1. The molecule has 1 aliphatic rings. The van der Waals surface area contributed by atoms with E-state index in [0.29, 0.717) is 43.7 Å². The van der Waals surface area contributed by atoms with Crippen LogP contribution in [0.15, 0.2) is 28.8 Å². The highest BCUT2D eigenvalue weighted by atomic mass is 16.5. The summed E-state index contributed by atoms with van der Waals surface area (Å²) in [7, 11) is 1.84. The molecular formula is C21H30N4O3. The van der Waals surface area contributed by atoms with Gasteiger partial charge in [0.15, 0.2) is 11.4 Å². The average molecular weight is 386 g/mol. The Morgan fingerprint density at radius 3 is 2.64 bits per heavy atom. The van der Waals surface area contributed by atoms with Crippen molar-refractivity contribution in [3.63, 3.8) is 0 Å². The summed E-state index contributed by atoms with van der Waals surface area (Å²) in [5.74, 6) is 1.33. The van der Waals surface area contributed by atoms with Gasteiger partial charge in [-0.05, 0) is 43.9 Å². The predicted molar refractivity (Wildman–Crippen MR) is 106 cm³/mol. The molecule has 0 saturated carbocycles. The third-order valence-corrected chi connectivity index (χ3v) is 5.23. The molecule has 1 saturated heterocycles. The van der Waals surface area contributed by atoms with E-state index in [9.17, 15) is 9.90 Å². The van der Waals surface area contributed by atoms with Gasteiger partial charge in [0.05, 0.1) is 6.54 Å². The molecule has 28 heavy (non-hydrogen) atoms. The Hall–Kier alpha value is -2.25. The number of aromatic nitrogens is 2. The molecule has 0 bridgehead atoms. The van der Waals surface area contributed by atoms with E-state index in [1.807, 2.05) is 11.9 Å². The molecule has 1 aromatic carbocycles. The zero-order valence-electron chi connectivity index (χ0n) is 17.2. The predicted octanol–water partition coefficient (Wildman–Crippen LogP) is 2.49. The first kappa shape index (κ1) is 20.5. The summed E-state index contributed by atoms with van der Waals surface area (Å²) in [4.78, 5) is 20.8. The second-order valence-corrected chi connectivity index (χ2v) is 8.17. The minimum Gasteiger partial charge on any atom is -0.379 e. The Balaban J connectivity index is 1.63. The topological polar surface area (TPSA) is 82.7 Å². The van der Waals surface area contributed by atoms with E-state index in [1.54, 1.807) is 11.8 Å². The van der Waals surface area contributed by atoms with Crippen LogP contribution < -0.4 is 0 Å². The van der Waals surface area contributed by atoms with Crippen LogP contribution in [0.5, 0.6) is 0 Å². The van der Waals surface area contributed by atoms with Gasteiger partial charge in [-0.15, -0.1) is 0 Å².